The molecular weight excluding hydrogens is 178 g/mol. The maximum absolute atomic E-state index is 9.19. The maximum Gasteiger partial charge on any atom is 0.271 e. The fraction of sp³-hybridized carbons (Fsp3) is 0.167. The molecule has 1 aromatic rings. The Hall–Kier alpha value is -0.980. The summed E-state index contributed by atoms with van der Waals surface area (Å²) in [7, 11) is -3.67. The summed E-state index contributed by atoms with van der Waals surface area (Å²) >= 11 is 0. The molecule has 0 atom stereocenters. The molecule has 0 saturated heterocycles. The van der Waals surface area contributed by atoms with Crippen LogP contribution < -0.4 is 10.3 Å². The predicted octanol–water partition coefficient (Wildman–Crippen LogP) is -0.461. The van der Waals surface area contributed by atoms with Crippen LogP contribution in [0.3, 0.4) is 0 Å². The summed E-state index contributed by atoms with van der Waals surface area (Å²) in [4.78, 5) is 3.98. The fourth-order valence-electron chi connectivity index (χ4n) is 0.448. The first-order valence-electron chi connectivity index (χ1n) is 3.08. The zero-order valence-corrected chi connectivity index (χ0v) is 7.45. The molecule has 0 aliphatic carbocycles. The van der Waals surface area contributed by atoms with E-state index in [0.717, 1.165) is 5.69 Å². The molecule has 1 heterocycles. The van der Waals surface area contributed by atoms with E-state index in [4.69, 9.17) is 0 Å². The number of hydrogen-bond donors (Lipinski definition) is 2. The molecule has 1 rings (SSSR count). The van der Waals surface area contributed by atoms with Gasteiger partial charge in [0, 0.05) is 11.9 Å². The lowest BCUT2D eigenvalue weighted by Gasteiger charge is -1.82. The molecule has 0 aliphatic rings. The second-order valence-electron chi connectivity index (χ2n) is 2.06. The lowest BCUT2D eigenvalue weighted by Crippen LogP contribution is -2.21. The Bertz CT molecular complexity index is 301. The van der Waals surface area contributed by atoms with E-state index in [9.17, 15) is 8.42 Å². The van der Waals surface area contributed by atoms with Gasteiger partial charge in [0.25, 0.3) is 10.2 Å². The molecule has 0 bridgehead atoms. The van der Waals surface area contributed by atoms with Crippen LogP contribution in [0.1, 0.15) is 5.69 Å². The molecule has 4 N–H and O–H groups in total. The maximum atomic E-state index is 9.19. The van der Waals surface area contributed by atoms with Crippen molar-refractivity contribution in [3.05, 3.63) is 30.1 Å². The third kappa shape index (κ3) is 11.8. The Morgan fingerprint density at radius 2 is 1.83 bits per heavy atom. The predicted molar refractivity (Wildman–Crippen MR) is 46.3 cm³/mol. The zero-order valence-electron chi connectivity index (χ0n) is 6.64. The van der Waals surface area contributed by atoms with E-state index < -0.39 is 10.2 Å². The van der Waals surface area contributed by atoms with E-state index in [0.29, 0.717) is 0 Å². The smallest absolute Gasteiger partial charge is 0.262 e. The van der Waals surface area contributed by atoms with Gasteiger partial charge in [0.05, 0.1) is 0 Å². The molecule has 0 radical (unpaired) electrons. The third-order valence-corrected chi connectivity index (χ3v) is 0.813. The van der Waals surface area contributed by atoms with Gasteiger partial charge in [0.1, 0.15) is 0 Å². The minimum Gasteiger partial charge on any atom is -0.262 e. The van der Waals surface area contributed by atoms with Crippen LogP contribution in [0.25, 0.3) is 0 Å². The monoisotopic (exact) mass is 189 g/mol. The van der Waals surface area contributed by atoms with Gasteiger partial charge in [-0.25, -0.2) is 10.3 Å². The van der Waals surface area contributed by atoms with Crippen LogP contribution in [-0.4, -0.2) is 13.4 Å². The van der Waals surface area contributed by atoms with Crippen molar-refractivity contribution in [2.24, 2.45) is 10.3 Å². The van der Waals surface area contributed by atoms with Gasteiger partial charge in [-0.15, -0.1) is 0 Å². The van der Waals surface area contributed by atoms with E-state index in [-0.39, 0.29) is 0 Å². The minimum atomic E-state index is -3.67. The molecule has 12 heavy (non-hydrogen) atoms. The summed E-state index contributed by atoms with van der Waals surface area (Å²) in [6.07, 6.45) is 1.79. The standard InChI is InChI=1S/C6H7N.H4N2O2S/c1-6-4-2-3-5-7-6;1-5(2,3)4/h2-5H,1H3;(H4,1,2,3,4). The fourth-order valence-corrected chi connectivity index (χ4v) is 0.448. The lowest BCUT2D eigenvalue weighted by molar-refractivity contribution is 0.599. The van der Waals surface area contributed by atoms with Crippen LogP contribution in [0.4, 0.5) is 0 Å². The number of nitrogens with zero attached hydrogens (tertiary/aromatic N) is 1. The first kappa shape index (κ1) is 11.0. The minimum absolute atomic E-state index is 1.07. The molecule has 0 aliphatic heterocycles. The molecule has 0 fully saturated rings. The van der Waals surface area contributed by atoms with Crippen molar-refractivity contribution < 1.29 is 8.42 Å². The van der Waals surface area contributed by atoms with Crippen molar-refractivity contribution in [2.45, 2.75) is 6.92 Å². The molecule has 0 unspecified atom stereocenters. The van der Waals surface area contributed by atoms with Crippen molar-refractivity contribution in [1.82, 2.24) is 4.98 Å². The molecule has 0 aromatic carbocycles. The lowest BCUT2D eigenvalue weighted by atomic mass is 10.4. The summed E-state index contributed by atoms with van der Waals surface area (Å²) in [6.45, 7) is 1.97. The molecule has 5 nitrogen and oxygen atoms in total. The molecule has 0 spiro atoms. The largest absolute Gasteiger partial charge is 0.271 e. The van der Waals surface area contributed by atoms with Crippen molar-refractivity contribution in [3.8, 4) is 0 Å². The van der Waals surface area contributed by atoms with E-state index in [2.05, 4.69) is 15.3 Å². The van der Waals surface area contributed by atoms with E-state index in [1.165, 1.54) is 0 Å². The second-order valence-corrected chi connectivity index (χ2v) is 3.24. The van der Waals surface area contributed by atoms with E-state index in [1.807, 2.05) is 25.1 Å². The quantitative estimate of drug-likeness (QED) is 0.577. The normalized spacial score (nSPS) is 9.92. The van der Waals surface area contributed by atoms with Gasteiger partial charge in [-0.3, -0.25) is 4.98 Å². The topological polar surface area (TPSA) is 99.1 Å². The number of nitrogens with two attached hydrogens (primary N) is 2. The zero-order chi connectivity index (χ0) is 9.61. The Balaban J connectivity index is 0.000000217. The Kier molecular flexibility index (Phi) is 4.42. The van der Waals surface area contributed by atoms with Crippen molar-refractivity contribution in [3.63, 3.8) is 0 Å². The number of pyridine rings is 1. The molecular formula is C6H11N3O2S. The Morgan fingerprint density at radius 3 is 2.00 bits per heavy atom. The first-order chi connectivity index (χ1) is 5.39. The van der Waals surface area contributed by atoms with Gasteiger partial charge in [0.15, 0.2) is 0 Å². The molecule has 68 valence electrons. The summed E-state index contributed by atoms with van der Waals surface area (Å²) in [5.41, 5.74) is 1.07. The number of aryl methyl sites for hydroxylation is 1. The van der Waals surface area contributed by atoms with Gasteiger partial charge in [-0.05, 0) is 19.1 Å². The van der Waals surface area contributed by atoms with Crippen molar-refractivity contribution in [1.29, 1.82) is 0 Å². The molecule has 0 amide bonds. The summed E-state index contributed by atoms with van der Waals surface area (Å²) in [5.74, 6) is 0. The van der Waals surface area contributed by atoms with Crippen LogP contribution in [0.15, 0.2) is 24.4 Å². The van der Waals surface area contributed by atoms with Gasteiger partial charge < -0.3 is 0 Å². The molecule has 0 saturated carbocycles. The average molecular weight is 189 g/mol. The molecule has 6 heteroatoms. The van der Waals surface area contributed by atoms with Gasteiger partial charge in [-0.2, -0.15) is 8.42 Å². The highest BCUT2D eigenvalue weighted by Gasteiger charge is 1.78. The van der Waals surface area contributed by atoms with Crippen LogP contribution >= 0.6 is 0 Å². The number of aromatic nitrogens is 1. The van der Waals surface area contributed by atoms with Crippen LogP contribution in [0.2, 0.25) is 0 Å². The van der Waals surface area contributed by atoms with Crippen molar-refractivity contribution in [2.75, 3.05) is 0 Å². The summed E-state index contributed by atoms with van der Waals surface area (Å²) in [6, 6.07) is 5.86. The molecule has 1 aromatic heterocycles. The van der Waals surface area contributed by atoms with Gasteiger partial charge >= 0.3 is 0 Å². The van der Waals surface area contributed by atoms with Gasteiger partial charge in [0.2, 0.25) is 0 Å². The van der Waals surface area contributed by atoms with E-state index in [1.54, 1.807) is 6.20 Å². The van der Waals surface area contributed by atoms with E-state index >= 15 is 0 Å². The number of rotatable bonds is 0. The van der Waals surface area contributed by atoms with Crippen LogP contribution in [0.5, 0.6) is 0 Å². The van der Waals surface area contributed by atoms with Crippen LogP contribution in [0, 0.1) is 6.92 Å². The number of hydrogen-bond acceptors (Lipinski definition) is 3. The second kappa shape index (κ2) is 4.81. The highest BCUT2D eigenvalue weighted by atomic mass is 32.2. The highest BCUT2D eigenvalue weighted by molar-refractivity contribution is 7.86. The average Bonchev–Trinajstić information content (AvgIpc) is 1.85. The Labute approximate surface area is 71.6 Å². The highest BCUT2D eigenvalue weighted by Crippen LogP contribution is 1.85. The third-order valence-electron chi connectivity index (χ3n) is 0.813. The Morgan fingerprint density at radius 1 is 1.33 bits per heavy atom. The van der Waals surface area contributed by atoms with Crippen molar-refractivity contribution >= 4 is 10.2 Å². The van der Waals surface area contributed by atoms with Gasteiger partial charge in [-0.1, -0.05) is 6.07 Å². The SMILES string of the molecule is Cc1ccccn1.NS(N)(=O)=O. The van der Waals surface area contributed by atoms with Crippen LogP contribution in [-0.2, 0) is 10.2 Å². The first-order valence-corrected chi connectivity index (χ1v) is 4.68. The summed E-state index contributed by atoms with van der Waals surface area (Å²) in [5, 5.41) is 8.21. The summed E-state index contributed by atoms with van der Waals surface area (Å²) < 4.78 is 18.4.